The number of rotatable bonds is 3. The van der Waals surface area contributed by atoms with Crippen molar-refractivity contribution in [2.45, 2.75) is 38.6 Å². The predicted octanol–water partition coefficient (Wildman–Crippen LogP) is 3.41. The molecule has 0 aromatic heterocycles. The fourth-order valence-corrected chi connectivity index (χ4v) is 3.32. The zero-order valence-electron chi connectivity index (χ0n) is 11.5. The second kappa shape index (κ2) is 6.54. The molecule has 0 bridgehead atoms. The van der Waals surface area contributed by atoms with Crippen molar-refractivity contribution in [2.24, 2.45) is 0 Å². The van der Waals surface area contributed by atoms with Crippen LogP contribution in [0, 0.1) is 17.0 Å². The third kappa shape index (κ3) is 3.12. The number of aliphatic hydroxyl groups is 1. The predicted molar refractivity (Wildman–Crippen MR) is 82.2 cm³/mol. The van der Waals surface area contributed by atoms with Gasteiger partial charge in [0.2, 0.25) is 0 Å². The number of halogens is 1. The van der Waals surface area contributed by atoms with Crippen LogP contribution in [0.3, 0.4) is 0 Å². The van der Waals surface area contributed by atoms with Crippen LogP contribution in [-0.4, -0.2) is 29.2 Å². The van der Waals surface area contributed by atoms with Crippen LogP contribution in [0.5, 0.6) is 0 Å². The van der Waals surface area contributed by atoms with Gasteiger partial charge >= 0.3 is 0 Å². The van der Waals surface area contributed by atoms with Gasteiger partial charge in [-0.25, -0.2) is 0 Å². The standard InChI is InChI=1S/C14H19BrN2O3/c1-10-7-14(12(15)8-13(10)17(19)20)16-6-4-2-3-5-11(16)9-18/h7-8,11,18H,2-6,9H2,1H3. The lowest BCUT2D eigenvalue weighted by atomic mass is 10.1. The van der Waals surface area contributed by atoms with Crippen LogP contribution in [0.2, 0.25) is 0 Å². The van der Waals surface area contributed by atoms with Gasteiger partial charge in [-0.2, -0.15) is 0 Å². The third-order valence-corrected chi connectivity index (χ3v) is 4.49. The lowest BCUT2D eigenvalue weighted by Crippen LogP contribution is -2.37. The zero-order valence-corrected chi connectivity index (χ0v) is 13.1. The summed E-state index contributed by atoms with van der Waals surface area (Å²) in [6.07, 6.45) is 4.32. The second-order valence-electron chi connectivity index (χ2n) is 5.23. The molecule has 1 aromatic carbocycles. The molecule has 1 unspecified atom stereocenters. The minimum Gasteiger partial charge on any atom is -0.394 e. The molecule has 6 heteroatoms. The number of nitro benzene ring substituents is 1. The Morgan fingerprint density at radius 2 is 2.20 bits per heavy atom. The SMILES string of the molecule is Cc1cc(N2CCCCCC2CO)c(Br)cc1[N+](=O)[O-]. The summed E-state index contributed by atoms with van der Waals surface area (Å²) in [7, 11) is 0. The Bertz CT molecular complexity index is 507. The molecule has 1 aromatic rings. The van der Waals surface area contributed by atoms with E-state index in [2.05, 4.69) is 20.8 Å². The van der Waals surface area contributed by atoms with Gasteiger partial charge in [-0.05, 0) is 41.8 Å². The number of hydrogen-bond donors (Lipinski definition) is 1. The van der Waals surface area contributed by atoms with Crippen molar-refractivity contribution >= 4 is 27.3 Å². The Morgan fingerprint density at radius 3 is 2.85 bits per heavy atom. The maximum absolute atomic E-state index is 11.0. The fraction of sp³-hybridized carbons (Fsp3) is 0.571. The number of nitrogens with zero attached hydrogens (tertiary/aromatic N) is 2. The van der Waals surface area contributed by atoms with E-state index in [-0.39, 0.29) is 23.3 Å². The molecular weight excluding hydrogens is 324 g/mol. The van der Waals surface area contributed by atoms with Crippen molar-refractivity contribution in [3.63, 3.8) is 0 Å². The molecule has 2 rings (SSSR count). The summed E-state index contributed by atoms with van der Waals surface area (Å²) in [5.41, 5.74) is 1.71. The van der Waals surface area contributed by atoms with Crippen LogP contribution < -0.4 is 4.90 Å². The zero-order chi connectivity index (χ0) is 14.7. The van der Waals surface area contributed by atoms with E-state index in [0.717, 1.165) is 42.4 Å². The van der Waals surface area contributed by atoms with E-state index in [0.29, 0.717) is 5.56 Å². The maximum atomic E-state index is 11.0. The highest BCUT2D eigenvalue weighted by molar-refractivity contribution is 9.10. The Morgan fingerprint density at radius 1 is 1.45 bits per heavy atom. The molecule has 1 saturated heterocycles. The van der Waals surface area contributed by atoms with Gasteiger partial charge in [-0.15, -0.1) is 0 Å². The van der Waals surface area contributed by atoms with Crippen molar-refractivity contribution in [1.29, 1.82) is 0 Å². The van der Waals surface area contributed by atoms with Crippen LogP contribution in [0.25, 0.3) is 0 Å². The molecule has 0 aliphatic carbocycles. The van der Waals surface area contributed by atoms with E-state index in [1.54, 1.807) is 13.0 Å². The molecule has 0 spiro atoms. The first-order chi connectivity index (χ1) is 9.54. The van der Waals surface area contributed by atoms with Crippen LogP contribution in [0.15, 0.2) is 16.6 Å². The van der Waals surface area contributed by atoms with Crippen molar-refractivity contribution in [3.05, 3.63) is 32.3 Å². The molecule has 1 aliphatic rings. The number of aliphatic hydroxyl groups excluding tert-OH is 1. The van der Waals surface area contributed by atoms with E-state index < -0.39 is 0 Å². The van der Waals surface area contributed by atoms with Crippen molar-refractivity contribution in [1.82, 2.24) is 0 Å². The first-order valence-corrected chi connectivity index (χ1v) is 7.66. The first kappa shape index (κ1) is 15.3. The van der Waals surface area contributed by atoms with Crippen LogP contribution in [0.4, 0.5) is 11.4 Å². The normalized spacial score (nSPS) is 19.8. The van der Waals surface area contributed by atoms with Crippen LogP contribution in [0.1, 0.15) is 31.2 Å². The van der Waals surface area contributed by atoms with Gasteiger partial charge < -0.3 is 10.0 Å². The monoisotopic (exact) mass is 342 g/mol. The molecule has 20 heavy (non-hydrogen) atoms. The average molecular weight is 343 g/mol. The number of hydrogen-bond acceptors (Lipinski definition) is 4. The van der Waals surface area contributed by atoms with Gasteiger partial charge in [0.05, 0.1) is 23.3 Å². The lowest BCUT2D eigenvalue weighted by Gasteiger charge is -2.31. The van der Waals surface area contributed by atoms with Crippen molar-refractivity contribution < 1.29 is 10.0 Å². The molecule has 1 N–H and O–H groups in total. The third-order valence-electron chi connectivity index (χ3n) is 3.86. The molecule has 0 amide bonds. The second-order valence-corrected chi connectivity index (χ2v) is 6.08. The van der Waals surface area contributed by atoms with Crippen LogP contribution >= 0.6 is 15.9 Å². The summed E-state index contributed by atoms with van der Waals surface area (Å²) in [6.45, 7) is 2.74. The van der Waals surface area contributed by atoms with Gasteiger partial charge in [-0.3, -0.25) is 10.1 Å². The van der Waals surface area contributed by atoms with Crippen molar-refractivity contribution in [3.8, 4) is 0 Å². The highest BCUT2D eigenvalue weighted by Gasteiger charge is 2.24. The Kier molecular flexibility index (Phi) is 4.99. The minimum atomic E-state index is -0.365. The van der Waals surface area contributed by atoms with Gasteiger partial charge in [0.1, 0.15) is 0 Å². The molecule has 1 fully saturated rings. The summed E-state index contributed by atoms with van der Waals surface area (Å²) >= 11 is 3.44. The number of nitro groups is 1. The first-order valence-electron chi connectivity index (χ1n) is 6.86. The molecule has 1 aliphatic heterocycles. The van der Waals surface area contributed by atoms with Crippen molar-refractivity contribution in [2.75, 3.05) is 18.1 Å². The molecule has 1 atom stereocenters. The number of aryl methyl sites for hydroxylation is 1. The summed E-state index contributed by atoms with van der Waals surface area (Å²) in [5.74, 6) is 0. The molecular formula is C14H19BrN2O3. The van der Waals surface area contributed by atoms with Gasteiger partial charge in [0, 0.05) is 22.6 Å². The Balaban J connectivity index is 2.40. The Hall–Kier alpha value is -1.14. The van der Waals surface area contributed by atoms with E-state index in [1.807, 2.05) is 6.07 Å². The lowest BCUT2D eigenvalue weighted by molar-refractivity contribution is -0.385. The van der Waals surface area contributed by atoms with E-state index in [9.17, 15) is 15.2 Å². The quantitative estimate of drug-likeness (QED) is 0.675. The van der Waals surface area contributed by atoms with E-state index >= 15 is 0 Å². The molecule has 110 valence electrons. The molecule has 5 nitrogen and oxygen atoms in total. The van der Waals surface area contributed by atoms with Gasteiger partial charge in [-0.1, -0.05) is 12.8 Å². The molecule has 0 radical (unpaired) electrons. The summed E-state index contributed by atoms with van der Waals surface area (Å²) in [4.78, 5) is 12.8. The summed E-state index contributed by atoms with van der Waals surface area (Å²) < 4.78 is 0.718. The number of anilines is 1. The molecule has 0 saturated carbocycles. The Labute approximate surface area is 126 Å². The van der Waals surface area contributed by atoms with Crippen LogP contribution in [-0.2, 0) is 0 Å². The maximum Gasteiger partial charge on any atom is 0.273 e. The average Bonchev–Trinajstić information content (AvgIpc) is 2.65. The van der Waals surface area contributed by atoms with Gasteiger partial charge in [0.25, 0.3) is 5.69 Å². The smallest absolute Gasteiger partial charge is 0.273 e. The summed E-state index contributed by atoms with van der Waals surface area (Å²) in [5, 5.41) is 20.6. The fourth-order valence-electron chi connectivity index (χ4n) is 2.76. The minimum absolute atomic E-state index is 0.0923. The van der Waals surface area contributed by atoms with E-state index in [4.69, 9.17) is 0 Å². The summed E-state index contributed by atoms with van der Waals surface area (Å²) in [6, 6.07) is 3.50. The number of benzene rings is 1. The topological polar surface area (TPSA) is 66.6 Å². The highest BCUT2D eigenvalue weighted by Crippen LogP contribution is 2.35. The van der Waals surface area contributed by atoms with Gasteiger partial charge in [0.15, 0.2) is 0 Å². The van der Waals surface area contributed by atoms with E-state index in [1.165, 1.54) is 0 Å². The highest BCUT2D eigenvalue weighted by atomic mass is 79.9. The molecule has 1 heterocycles. The largest absolute Gasteiger partial charge is 0.394 e.